The van der Waals surface area contributed by atoms with E-state index in [0.717, 1.165) is 78.1 Å². The lowest BCUT2D eigenvalue weighted by Crippen LogP contribution is -2.53. The van der Waals surface area contributed by atoms with Gasteiger partial charge in [-0.15, -0.1) is 0 Å². The van der Waals surface area contributed by atoms with E-state index in [4.69, 9.17) is 13.8 Å². The Morgan fingerprint density at radius 2 is 1.21 bits per heavy atom. The number of hydrogen-bond acceptors (Lipinski definition) is 3. The summed E-state index contributed by atoms with van der Waals surface area (Å²) in [4.78, 5) is 0. The minimum atomic E-state index is -0.290. The lowest BCUT2D eigenvalue weighted by molar-refractivity contribution is 0.479. The van der Waals surface area contributed by atoms with Crippen LogP contribution < -0.4 is 20.3 Å². The summed E-state index contributed by atoms with van der Waals surface area (Å²) in [6.07, 6.45) is 0. The Kier molecular flexibility index (Phi) is 4.89. The van der Waals surface area contributed by atoms with Gasteiger partial charge in [0.2, 0.25) is 0 Å². The van der Waals surface area contributed by atoms with Crippen molar-refractivity contribution in [1.82, 2.24) is 4.57 Å². The van der Waals surface area contributed by atoms with Crippen LogP contribution in [0.25, 0.3) is 71.7 Å². The van der Waals surface area contributed by atoms with Crippen molar-refractivity contribution in [3.8, 4) is 45.2 Å². The van der Waals surface area contributed by atoms with Gasteiger partial charge in [-0.1, -0.05) is 103 Å². The first-order chi connectivity index (χ1) is 23.3. The molecule has 11 rings (SSSR count). The number of aromatic nitrogens is 1. The molecule has 0 fully saturated rings. The fourth-order valence-electron chi connectivity index (χ4n) is 7.81. The number of fused-ring (bicyclic) bond motifs is 10. The molecule has 4 nitrogen and oxygen atoms in total. The molecule has 0 amide bonds. The molecule has 0 unspecified atom stereocenters. The van der Waals surface area contributed by atoms with Crippen LogP contribution in [0, 0.1) is 0 Å². The second kappa shape index (κ2) is 9.18. The maximum atomic E-state index is 6.95. The van der Waals surface area contributed by atoms with Crippen molar-refractivity contribution in [2.75, 3.05) is 0 Å². The van der Waals surface area contributed by atoms with Crippen molar-refractivity contribution in [2.24, 2.45) is 0 Å². The van der Waals surface area contributed by atoms with Crippen LogP contribution in [0.15, 0.2) is 150 Å². The average molecular weight is 601 g/mol. The van der Waals surface area contributed by atoms with E-state index in [0.29, 0.717) is 0 Å². The Hall–Kier alpha value is -6.20. The molecule has 5 heteroatoms. The molecular formula is C42H24BNO3. The first kappa shape index (κ1) is 25.0. The van der Waals surface area contributed by atoms with Crippen molar-refractivity contribution < 1.29 is 13.8 Å². The molecule has 0 bridgehead atoms. The van der Waals surface area contributed by atoms with Gasteiger partial charge in [0, 0.05) is 55.4 Å². The Morgan fingerprint density at radius 3 is 2.06 bits per heavy atom. The van der Waals surface area contributed by atoms with Crippen LogP contribution in [0.2, 0.25) is 0 Å². The molecule has 0 N–H and O–H groups in total. The van der Waals surface area contributed by atoms with E-state index in [-0.39, 0.29) is 6.92 Å². The number of furan rings is 1. The highest BCUT2D eigenvalue weighted by atomic mass is 16.5. The smallest absolute Gasteiger partial charge is 0.434 e. The lowest BCUT2D eigenvalue weighted by Gasteiger charge is -2.33. The van der Waals surface area contributed by atoms with Crippen LogP contribution in [0.4, 0.5) is 0 Å². The maximum Gasteiger partial charge on any atom is 0.434 e. The molecule has 0 spiro atoms. The van der Waals surface area contributed by atoms with Crippen LogP contribution >= 0.6 is 0 Å². The molecule has 0 radical (unpaired) electrons. The third-order valence-electron chi connectivity index (χ3n) is 9.90. The minimum absolute atomic E-state index is 0.290. The van der Waals surface area contributed by atoms with E-state index in [1.807, 2.05) is 18.2 Å². The van der Waals surface area contributed by atoms with Crippen molar-refractivity contribution >= 4 is 61.6 Å². The van der Waals surface area contributed by atoms with Gasteiger partial charge in [0.25, 0.3) is 0 Å². The molecule has 0 aliphatic carbocycles. The van der Waals surface area contributed by atoms with Crippen LogP contribution in [-0.4, -0.2) is 11.5 Å². The molecule has 2 aliphatic rings. The van der Waals surface area contributed by atoms with E-state index in [1.165, 1.54) is 21.8 Å². The van der Waals surface area contributed by atoms with E-state index < -0.39 is 0 Å². The fraction of sp³-hybridized carbons (Fsp3) is 0. The highest BCUT2D eigenvalue weighted by Crippen LogP contribution is 2.43. The quantitative estimate of drug-likeness (QED) is 0.185. The van der Waals surface area contributed by atoms with Gasteiger partial charge in [0.15, 0.2) is 0 Å². The molecule has 2 aromatic heterocycles. The van der Waals surface area contributed by atoms with Gasteiger partial charge in [0.1, 0.15) is 28.4 Å². The third-order valence-corrected chi connectivity index (χ3v) is 9.90. The summed E-state index contributed by atoms with van der Waals surface area (Å²) in [5.41, 5.74) is 11.6. The standard InChI is InChI=1S/C42H24BNO3/c1-4-15-35-28(9-1)29-10-2-5-16-36(29)44(35)26-20-22-34-40(24-26)45-38-18-8-13-32-31-21-19-25(23-39(31)47-43(34)41(32)38)27-12-7-14-33-30-11-3-6-17-37(30)46-42(27)33/h1-24H. The fourth-order valence-corrected chi connectivity index (χ4v) is 7.81. The van der Waals surface area contributed by atoms with Gasteiger partial charge < -0.3 is 18.4 Å². The Balaban J connectivity index is 1.06. The van der Waals surface area contributed by atoms with Gasteiger partial charge in [-0.2, -0.15) is 0 Å². The molecule has 0 saturated heterocycles. The number of para-hydroxylation sites is 4. The van der Waals surface area contributed by atoms with Crippen molar-refractivity contribution in [3.63, 3.8) is 0 Å². The molecule has 2 aliphatic heterocycles. The monoisotopic (exact) mass is 601 g/mol. The van der Waals surface area contributed by atoms with Crippen LogP contribution in [0.5, 0.6) is 17.2 Å². The second-order valence-electron chi connectivity index (χ2n) is 12.4. The molecule has 9 aromatic rings. The van der Waals surface area contributed by atoms with Gasteiger partial charge in [-0.05, 0) is 47.5 Å². The zero-order valence-corrected chi connectivity index (χ0v) is 25.1. The van der Waals surface area contributed by atoms with E-state index in [2.05, 4.69) is 132 Å². The zero-order valence-electron chi connectivity index (χ0n) is 25.1. The largest absolute Gasteiger partial charge is 0.551 e. The van der Waals surface area contributed by atoms with Crippen LogP contribution in [0.1, 0.15) is 0 Å². The number of rotatable bonds is 2. The first-order valence-corrected chi connectivity index (χ1v) is 16.0. The minimum Gasteiger partial charge on any atom is -0.551 e. The predicted molar refractivity (Wildman–Crippen MR) is 191 cm³/mol. The summed E-state index contributed by atoms with van der Waals surface area (Å²) in [6.45, 7) is -0.290. The number of ether oxygens (including phenoxy) is 1. The number of hydrogen-bond donors (Lipinski definition) is 0. The van der Waals surface area contributed by atoms with Gasteiger partial charge in [-0.3, -0.25) is 0 Å². The summed E-state index contributed by atoms with van der Waals surface area (Å²) >= 11 is 0. The zero-order chi connectivity index (χ0) is 30.6. The van der Waals surface area contributed by atoms with Crippen molar-refractivity contribution in [1.29, 1.82) is 0 Å². The predicted octanol–water partition coefficient (Wildman–Crippen LogP) is 9.62. The maximum absolute atomic E-state index is 6.95. The average Bonchev–Trinajstić information content (AvgIpc) is 3.67. The van der Waals surface area contributed by atoms with E-state index in [9.17, 15) is 0 Å². The van der Waals surface area contributed by atoms with Crippen molar-refractivity contribution in [3.05, 3.63) is 146 Å². The molecular weight excluding hydrogens is 577 g/mol. The number of nitrogens with zero attached hydrogens (tertiary/aromatic N) is 1. The lowest BCUT2D eigenvalue weighted by atomic mass is 9.51. The van der Waals surface area contributed by atoms with Gasteiger partial charge in [0.05, 0.1) is 11.0 Å². The highest BCUT2D eigenvalue weighted by molar-refractivity contribution is 6.84. The topological polar surface area (TPSA) is 36.5 Å². The highest BCUT2D eigenvalue weighted by Gasteiger charge is 2.40. The van der Waals surface area contributed by atoms with E-state index in [1.54, 1.807) is 0 Å². The molecule has 0 atom stereocenters. The first-order valence-electron chi connectivity index (χ1n) is 16.0. The molecule has 47 heavy (non-hydrogen) atoms. The number of benzene rings is 7. The molecule has 0 saturated carbocycles. The van der Waals surface area contributed by atoms with Gasteiger partial charge >= 0.3 is 6.92 Å². The normalized spacial score (nSPS) is 13.0. The molecule has 4 heterocycles. The summed E-state index contributed by atoms with van der Waals surface area (Å²) in [6, 6.07) is 51.0. The summed E-state index contributed by atoms with van der Waals surface area (Å²) in [5.74, 6) is 2.50. The molecule has 7 aromatic carbocycles. The van der Waals surface area contributed by atoms with Crippen LogP contribution in [0.3, 0.4) is 0 Å². The summed E-state index contributed by atoms with van der Waals surface area (Å²) in [5, 5.41) is 4.71. The second-order valence-corrected chi connectivity index (χ2v) is 12.4. The van der Waals surface area contributed by atoms with Crippen molar-refractivity contribution in [2.45, 2.75) is 0 Å². The van der Waals surface area contributed by atoms with Crippen LogP contribution in [-0.2, 0) is 0 Å². The third kappa shape index (κ3) is 3.43. The Bertz CT molecular complexity index is 2720. The summed E-state index contributed by atoms with van der Waals surface area (Å²) < 4.78 is 22.3. The molecule has 218 valence electrons. The van der Waals surface area contributed by atoms with E-state index >= 15 is 0 Å². The SMILES string of the molecule is c1cc2c3c(c1)-c1ccc(-c4cccc5c4oc4ccccc45)cc1OB3c1ccc(-n3c4ccccc4c4ccccc43)cc1O2. The Labute approximate surface area is 270 Å². The Morgan fingerprint density at radius 1 is 0.489 bits per heavy atom. The summed E-state index contributed by atoms with van der Waals surface area (Å²) in [7, 11) is 0. The van der Waals surface area contributed by atoms with Gasteiger partial charge in [-0.25, -0.2) is 0 Å².